The van der Waals surface area contributed by atoms with E-state index in [1.165, 1.54) is 10.7 Å². The molecule has 0 bridgehead atoms. The molecule has 1 aromatic rings. The number of likely N-dealkylation sites (tertiary alicyclic amines) is 1. The molecule has 0 spiro atoms. The van der Waals surface area contributed by atoms with Crippen molar-refractivity contribution in [3.63, 3.8) is 0 Å². The highest BCUT2D eigenvalue weighted by molar-refractivity contribution is 7.89. The van der Waals surface area contributed by atoms with Gasteiger partial charge in [0.2, 0.25) is 15.9 Å². The Kier molecular flexibility index (Phi) is 5.76. The van der Waals surface area contributed by atoms with Gasteiger partial charge in [-0.2, -0.15) is 4.31 Å². The molecular formula is C18H27N3O3S. The van der Waals surface area contributed by atoms with Crippen LogP contribution in [0.1, 0.15) is 26.2 Å². The predicted octanol–water partition coefficient (Wildman–Crippen LogP) is 1.39. The Hall–Kier alpha value is -1.44. The average Bonchev–Trinajstić information content (AvgIpc) is 2.68. The van der Waals surface area contributed by atoms with Crippen molar-refractivity contribution in [3.8, 4) is 0 Å². The smallest absolute Gasteiger partial charge is 0.243 e. The Morgan fingerprint density at radius 1 is 0.920 bits per heavy atom. The van der Waals surface area contributed by atoms with Gasteiger partial charge in [-0.1, -0.05) is 24.6 Å². The number of hydrogen-bond donors (Lipinski definition) is 0. The van der Waals surface area contributed by atoms with E-state index in [1.807, 2.05) is 11.8 Å². The van der Waals surface area contributed by atoms with Gasteiger partial charge < -0.3 is 4.90 Å². The zero-order valence-electron chi connectivity index (χ0n) is 14.8. The highest BCUT2D eigenvalue weighted by Crippen LogP contribution is 2.19. The molecule has 0 N–H and O–H groups in total. The van der Waals surface area contributed by atoms with Crippen LogP contribution >= 0.6 is 0 Å². The van der Waals surface area contributed by atoms with Gasteiger partial charge in [0.25, 0.3) is 0 Å². The van der Waals surface area contributed by atoms with E-state index in [2.05, 4.69) is 4.90 Å². The van der Waals surface area contributed by atoms with E-state index in [0.717, 1.165) is 25.9 Å². The Morgan fingerprint density at radius 3 is 2.12 bits per heavy atom. The second kappa shape index (κ2) is 7.85. The minimum atomic E-state index is -3.47. The summed E-state index contributed by atoms with van der Waals surface area (Å²) in [7, 11) is -3.47. The number of hydrogen-bond acceptors (Lipinski definition) is 4. The topological polar surface area (TPSA) is 60.9 Å². The number of sulfonamides is 1. The Morgan fingerprint density at radius 2 is 1.52 bits per heavy atom. The summed E-state index contributed by atoms with van der Waals surface area (Å²) in [6, 6.07) is 8.38. The van der Waals surface area contributed by atoms with Crippen LogP contribution in [-0.4, -0.2) is 73.7 Å². The fraction of sp³-hybridized carbons (Fsp3) is 0.611. The number of piperidine rings is 1. The van der Waals surface area contributed by atoms with Gasteiger partial charge in [0.15, 0.2) is 0 Å². The lowest BCUT2D eigenvalue weighted by atomic mass is 10.1. The van der Waals surface area contributed by atoms with Crippen LogP contribution in [0, 0.1) is 0 Å². The molecule has 25 heavy (non-hydrogen) atoms. The first kappa shape index (κ1) is 18.4. The third kappa shape index (κ3) is 4.04. The van der Waals surface area contributed by atoms with Crippen molar-refractivity contribution in [1.82, 2.24) is 14.1 Å². The maximum atomic E-state index is 12.7. The van der Waals surface area contributed by atoms with Crippen molar-refractivity contribution < 1.29 is 13.2 Å². The summed E-state index contributed by atoms with van der Waals surface area (Å²) < 4.78 is 26.8. The fourth-order valence-electron chi connectivity index (χ4n) is 3.62. The standard InChI is InChI=1S/C18H27N3O3S/c1-16(19-10-6-3-7-11-19)18(22)20-12-14-21(15-13-20)25(23,24)17-8-4-2-5-9-17/h2,4-5,8-9,16H,3,6-7,10-15H2,1H3. The molecule has 1 atom stereocenters. The Balaban J connectivity index is 1.59. The second-order valence-corrected chi connectivity index (χ2v) is 8.75. The van der Waals surface area contributed by atoms with Crippen LogP contribution in [0.5, 0.6) is 0 Å². The van der Waals surface area contributed by atoms with E-state index in [1.54, 1.807) is 30.3 Å². The first-order valence-corrected chi connectivity index (χ1v) is 10.5. The largest absolute Gasteiger partial charge is 0.339 e. The molecule has 7 heteroatoms. The van der Waals surface area contributed by atoms with E-state index < -0.39 is 10.0 Å². The molecule has 2 fully saturated rings. The number of amides is 1. The van der Waals surface area contributed by atoms with Gasteiger partial charge in [-0.3, -0.25) is 9.69 Å². The maximum Gasteiger partial charge on any atom is 0.243 e. The van der Waals surface area contributed by atoms with Gasteiger partial charge in [0, 0.05) is 26.2 Å². The van der Waals surface area contributed by atoms with Crippen LogP contribution in [0.2, 0.25) is 0 Å². The Labute approximate surface area is 150 Å². The van der Waals surface area contributed by atoms with Crippen LogP contribution in [-0.2, 0) is 14.8 Å². The monoisotopic (exact) mass is 365 g/mol. The van der Waals surface area contributed by atoms with Crippen molar-refractivity contribution in [2.75, 3.05) is 39.3 Å². The molecule has 0 aromatic heterocycles. The zero-order chi connectivity index (χ0) is 17.9. The van der Waals surface area contributed by atoms with Gasteiger partial charge in [0.1, 0.15) is 0 Å². The first-order chi connectivity index (χ1) is 12.0. The third-order valence-electron chi connectivity index (χ3n) is 5.23. The summed E-state index contributed by atoms with van der Waals surface area (Å²) in [5, 5.41) is 0. The number of carbonyl (C=O) groups is 1. The zero-order valence-corrected chi connectivity index (χ0v) is 15.6. The molecule has 0 aliphatic carbocycles. The second-order valence-electron chi connectivity index (χ2n) is 6.82. The number of piperazine rings is 1. The molecule has 1 unspecified atom stereocenters. The van der Waals surface area contributed by atoms with E-state index in [0.29, 0.717) is 31.1 Å². The van der Waals surface area contributed by atoms with Gasteiger partial charge in [-0.25, -0.2) is 8.42 Å². The summed E-state index contributed by atoms with van der Waals surface area (Å²) in [5.74, 6) is 0.124. The minimum absolute atomic E-state index is 0.113. The molecule has 1 amide bonds. The highest BCUT2D eigenvalue weighted by atomic mass is 32.2. The molecule has 0 radical (unpaired) electrons. The summed E-state index contributed by atoms with van der Waals surface area (Å²) >= 11 is 0. The van der Waals surface area contributed by atoms with Gasteiger partial charge in [0.05, 0.1) is 10.9 Å². The van der Waals surface area contributed by atoms with E-state index >= 15 is 0 Å². The molecule has 138 valence electrons. The van der Waals surface area contributed by atoms with Crippen molar-refractivity contribution in [3.05, 3.63) is 30.3 Å². The molecule has 2 saturated heterocycles. The normalized spacial score (nSPS) is 21.9. The lowest BCUT2D eigenvalue weighted by Crippen LogP contribution is -2.55. The van der Waals surface area contributed by atoms with Crippen molar-refractivity contribution >= 4 is 15.9 Å². The third-order valence-corrected chi connectivity index (χ3v) is 7.14. The molecule has 0 saturated carbocycles. The maximum absolute atomic E-state index is 12.7. The van der Waals surface area contributed by atoms with E-state index in [9.17, 15) is 13.2 Å². The summed E-state index contributed by atoms with van der Waals surface area (Å²) in [5.41, 5.74) is 0. The van der Waals surface area contributed by atoms with Crippen LogP contribution in [0.15, 0.2) is 35.2 Å². The summed E-state index contributed by atoms with van der Waals surface area (Å²) in [4.78, 5) is 17.1. The number of rotatable bonds is 4. The minimum Gasteiger partial charge on any atom is -0.339 e. The summed E-state index contributed by atoms with van der Waals surface area (Å²) in [6.45, 7) is 5.57. The molecule has 1 aromatic carbocycles. The van der Waals surface area contributed by atoms with Crippen LogP contribution < -0.4 is 0 Å². The van der Waals surface area contributed by atoms with Crippen LogP contribution in [0.25, 0.3) is 0 Å². The van der Waals surface area contributed by atoms with Crippen molar-refractivity contribution in [2.45, 2.75) is 37.1 Å². The molecule has 2 aliphatic heterocycles. The quantitative estimate of drug-likeness (QED) is 0.809. The predicted molar refractivity (Wildman–Crippen MR) is 96.7 cm³/mol. The fourth-order valence-corrected chi connectivity index (χ4v) is 5.06. The Bertz CT molecular complexity index is 679. The molecule has 3 rings (SSSR count). The molecule has 6 nitrogen and oxygen atoms in total. The number of benzene rings is 1. The van der Waals surface area contributed by atoms with Gasteiger partial charge in [-0.05, 0) is 45.0 Å². The van der Waals surface area contributed by atoms with Gasteiger partial charge in [-0.15, -0.1) is 0 Å². The number of nitrogens with zero attached hydrogens (tertiary/aromatic N) is 3. The lowest BCUT2D eigenvalue weighted by Gasteiger charge is -2.38. The van der Waals surface area contributed by atoms with E-state index in [4.69, 9.17) is 0 Å². The summed E-state index contributed by atoms with van der Waals surface area (Å²) in [6.07, 6.45) is 3.55. The highest BCUT2D eigenvalue weighted by Gasteiger charge is 2.33. The molecule has 2 aliphatic rings. The van der Waals surface area contributed by atoms with Crippen molar-refractivity contribution in [1.29, 1.82) is 0 Å². The van der Waals surface area contributed by atoms with Crippen LogP contribution in [0.3, 0.4) is 0 Å². The average molecular weight is 365 g/mol. The van der Waals surface area contributed by atoms with Crippen molar-refractivity contribution in [2.24, 2.45) is 0 Å². The lowest BCUT2D eigenvalue weighted by molar-refractivity contribution is -0.138. The molecule has 2 heterocycles. The van der Waals surface area contributed by atoms with E-state index in [-0.39, 0.29) is 11.9 Å². The SMILES string of the molecule is CC(C(=O)N1CCN(S(=O)(=O)c2ccccc2)CC1)N1CCCCC1. The van der Waals surface area contributed by atoms with Crippen LogP contribution in [0.4, 0.5) is 0 Å². The number of carbonyl (C=O) groups excluding carboxylic acids is 1. The van der Waals surface area contributed by atoms with Gasteiger partial charge >= 0.3 is 0 Å². The molecular weight excluding hydrogens is 338 g/mol. The first-order valence-electron chi connectivity index (χ1n) is 9.08.